The average Bonchev–Trinajstić information content (AvgIpc) is 2.85. The van der Waals surface area contributed by atoms with Gasteiger partial charge in [-0.25, -0.2) is 9.59 Å². The quantitative estimate of drug-likeness (QED) is 0.233. The van der Waals surface area contributed by atoms with Gasteiger partial charge in [-0.2, -0.15) is 0 Å². The third kappa shape index (κ3) is 4.76. The lowest BCUT2D eigenvalue weighted by Gasteiger charge is -2.10. The minimum atomic E-state index is -0.463. The van der Waals surface area contributed by atoms with E-state index in [1.807, 2.05) is 24.3 Å². The van der Waals surface area contributed by atoms with E-state index in [4.69, 9.17) is 20.9 Å². The highest BCUT2D eigenvalue weighted by atomic mass is 16.5. The predicted molar refractivity (Wildman–Crippen MR) is 133 cm³/mol. The lowest BCUT2D eigenvalue weighted by Crippen LogP contribution is -2.10. The SMILES string of the molecule is Cc1c(N)cccc1OC(=O)c1ccc(-c2ccc(C(=O)Oc3cccc(N)c3C)cc2)cc1. The van der Waals surface area contributed by atoms with Crippen molar-refractivity contribution in [1.82, 2.24) is 0 Å². The smallest absolute Gasteiger partial charge is 0.343 e. The van der Waals surface area contributed by atoms with E-state index in [1.165, 1.54) is 0 Å². The van der Waals surface area contributed by atoms with Gasteiger partial charge in [-0.1, -0.05) is 36.4 Å². The Bertz CT molecular complexity index is 1250. The second-order valence-electron chi connectivity index (χ2n) is 7.87. The molecule has 4 N–H and O–H groups in total. The van der Waals surface area contributed by atoms with Crippen LogP contribution in [0.1, 0.15) is 31.8 Å². The molecule has 34 heavy (non-hydrogen) atoms. The molecule has 4 aromatic carbocycles. The molecule has 0 saturated carbocycles. The van der Waals surface area contributed by atoms with Crippen LogP contribution in [0, 0.1) is 13.8 Å². The Kier molecular flexibility index (Phi) is 6.32. The number of carbonyl (C=O) groups excluding carboxylic acids is 2. The molecule has 0 amide bonds. The minimum absolute atomic E-state index is 0.420. The molecule has 0 unspecified atom stereocenters. The molecule has 0 aliphatic carbocycles. The van der Waals surface area contributed by atoms with Crippen LogP contribution in [-0.2, 0) is 0 Å². The monoisotopic (exact) mass is 452 g/mol. The van der Waals surface area contributed by atoms with Gasteiger partial charge >= 0.3 is 11.9 Å². The summed E-state index contributed by atoms with van der Waals surface area (Å²) in [7, 11) is 0. The zero-order valence-electron chi connectivity index (χ0n) is 18.9. The van der Waals surface area contributed by atoms with Crippen molar-refractivity contribution >= 4 is 23.3 Å². The number of benzene rings is 4. The third-order valence-corrected chi connectivity index (χ3v) is 5.63. The zero-order chi connectivity index (χ0) is 24.2. The number of esters is 2. The predicted octanol–water partition coefficient (Wildman–Crippen LogP) is 5.57. The average molecular weight is 453 g/mol. The first kappa shape index (κ1) is 22.6. The Morgan fingerprint density at radius 2 is 0.912 bits per heavy atom. The van der Waals surface area contributed by atoms with E-state index < -0.39 is 11.9 Å². The fraction of sp³-hybridized carbons (Fsp3) is 0.0714. The summed E-state index contributed by atoms with van der Waals surface area (Å²) in [5.74, 6) is -0.0553. The van der Waals surface area contributed by atoms with Crippen LogP contribution in [-0.4, -0.2) is 11.9 Å². The minimum Gasteiger partial charge on any atom is -0.423 e. The molecule has 0 aromatic heterocycles. The summed E-state index contributed by atoms with van der Waals surface area (Å²) in [5, 5.41) is 0. The molecular formula is C28H24N2O4. The van der Waals surface area contributed by atoms with Crippen molar-refractivity contribution in [3.63, 3.8) is 0 Å². The van der Waals surface area contributed by atoms with Gasteiger partial charge < -0.3 is 20.9 Å². The molecule has 0 heterocycles. The first-order chi connectivity index (χ1) is 16.3. The van der Waals surface area contributed by atoms with Crippen LogP contribution in [0.25, 0.3) is 11.1 Å². The number of anilines is 2. The fourth-order valence-electron chi connectivity index (χ4n) is 3.40. The first-order valence-corrected chi connectivity index (χ1v) is 10.7. The van der Waals surface area contributed by atoms with Crippen LogP contribution in [0.2, 0.25) is 0 Å². The van der Waals surface area contributed by atoms with E-state index in [0.717, 1.165) is 22.3 Å². The third-order valence-electron chi connectivity index (χ3n) is 5.63. The molecule has 0 aliphatic rings. The molecule has 0 spiro atoms. The summed E-state index contributed by atoms with van der Waals surface area (Å²) in [6.45, 7) is 3.61. The van der Waals surface area contributed by atoms with Gasteiger partial charge in [0, 0.05) is 22.5 Å². The Hall–Kier alpha value is -4.58. The molecule has 6 nitrogen and oxygen atoms in total. The number of carbonyl (C=O) groups is 2. The van der Waals surface area contributed by atoms with Crippen LogP contribution in [0.5, 0.6) is 11.5 Å². The van der Waals surface area contributed by atoms with Gasteiger partial charge in [-0.3, -0.25) is 0 Å². The number of nitrogen functional groups attached to an aromatic ring is 2. The largest absolute Gasteiger partial charge is 0.423 e. The molecule has 4 aromatic rings. The van der Waals surface area contributed by atoms with E-state index in [1.54, 1.807) is 74.5 Å². The molecule has 6 heteroatoms. The van der Waals surface area contributed by atoms with Gasteiger partial charge in [-0.05, 0) is 73.5 Å². The van der Waals surface area contributed by atoms with E-state index in [0.29, 0.717) is 34.0 Å². The van der Waals surface area contributed by atoms with E-state index in [9.17, 15) is 9.59 Å². The van der Waals surface area contributed by atoms with Crippen LogP contribution in [0.15, 0.2) is 84.9 Å². The second kappa shape index (κ2) is 9.50. The number of rotatable bonds is 5. The maximum Gasteiger partial charge on any atom is 0.343 e. The summed E-state index contributed by atoms with van der Waals surface area (Å²) >= 11 is 0. The zero-order valence-corrected chi connectivity index (χ0v) is 18.9. The van der Waals surface area contributed by atoms with Gasteiger partial charge in [0.2, 0.25) is 0 Å². The number of ether oxygens (including phenoxy) is 2. The fourth-order valence-corrected chi connectivity index (χ4v) is 3.40. The van der Waals surface area contributed by atoms with Gasteiger partial charge in [0.05, 0.1) is 11.1 Å². The van der Waals surface area contributed by atoms with Gasteiger partial charge in [0.25, 0.3) is 0 Å². The molecular weight excluding hydrogens is 428 g/mol. The van der Waals surface area contributed by atoms with Crippen molar-refractivity contribution < 1.29 is 19.1 Å². The van der Waals surface area contributed by atoms with Gasteiger partial charge in [0.1, 0.15) is 11.5 Å². The topological polar surface area (TPSA) is 105 Å². The standard InChI is InChI=1S/C28H24N2O4/c1-17-23(29)5-3-7-25(17)33-27(31)21-13-9-19(10-14-21)20-11-15-22(16-12-20)28(32)34-26-8-4-6-24(30)18(26)2/h3-16H,29-30H2,1-2H3. The Morgan fingerprint density at radius 1 is 0.559 bits per heavy atom. The molecule has 0 atom stereocenters. The van der Waals surface area contributed by atoms with E-state index in [2.05, 4.69) is 0 Å². The van der Waals surface area contributed by atoms with Crippen LogP contribution in [0.4, 0.5) is 11.4 Å². The van der Waals surface area contributed by atoms with Crippen molar-refractivity contribution in [1.29, 1.82) is 0 Å². The summed E-state index contributed by atoms with van der Waals surface area (Å²) < 4.78 is 11.0. The summed E-state index contributed by atoms with van der Waals surface area (Å²) in [6.07, 6.45) is 0. The van der Waals surface area contributed by atoms with Crippen molar-refractivity contribution in [3.8, 4) is 22.6 Å². The Morgan fingerprint density at radius 3 is 1.26 bits per heavy atom. The molecule has 4 rings (SSSR count). The van der Waals surface area contributed by atoms with Crippen molar-refractivity contribution in [2.24, 2.45) is 0 Å². The number of hydrogen-bond donors (Lipinski definition) is 2. The van der Waals surface area contributed by atoms with Crippen molar-refractivity contribution in [3.05, 3.63) is 107 Å². The van der Waals surface area contributed by atoms with Crippen molar-refractivity contribution in [2.75, 3.05) is 11.5 Å². The van der Waals surface area contributed by atoms with Crippen LogP contribution < -0.4 is 20.9 Å². The molecule has 0 saturated heterocycles. The molecule has 170 valence electrons. The molecule has 0 fully saturated rings. The highest BCUT2D eigenvalue weighted by Gasteiger charge is 2.13. The maximum absolute atomic E-state index is 12.5. The Balaban J connectivity index is 1.44. The van der Waals surface area contributed by atoms with Crippen molar-refractivity contribution in [2.45, 2.75) is 13.8 Å². The Labute approximate surface area is 197 Å². The normalized spacial score (nSPS) is 10.5. The molecule has 0 radical (unpaired) electrons. The lowest BCUT2D eigenvalue weighted by atomic mass is 10.0. The number of nitrogens with two attached hydrogens (primary N) is 2. The highest BCUT2D eigenvalue weighted by Crippen LogP contribution is 2.26. The lowest BCUT2D eigenvalue weighted by molar-refractivity contribution is 0.0724. The molecule has 0 bridgehead atoms. The summed E-state index contributed by atoms with van der Waals surface area (Å²) in [5.41, 5.74) is 16.9. The maximum atomic E-state index is 12.5. The van der Waals surface area contributed by atoms with Gasteiger partial charge in [0.15, 0.2) is 0 Å². The second-order valence-corrected chi connectivity index (χ2v) is 7.87. The van der Waals surface area contributed by atoms with Crippen LogP contribution in [0.3, 0.4) is 0 Å². The van der Waals surface area contributed by atoms with Gasteiger partial charge in [-0.15, -0.1) is 0 Å². The van der Waals surface area contributed by atoms with E-state index in [-0.39, 0.29) is 0 Å². The number of hydrogen-bond acceptors (Lipinski definition) is 6. The summed E-state index contributed by atoms with van der Waals surface area (Å²) in [4.78, 5) is 25.0. The first-order valence-electron chi connectivity index (χ1n) is 10.7. The van der Waals surface area contributed by atoms with E-state index >= 15 is 0 Å². The molecule has 0 aliphatic heterocycles. The highest BCUT2D eigenvalue weighted by molar-refractivity contribution is 5.93. The van der Waals surface area contributed by atoms with Crippen LogP contribution >= 0.6 is 0 Å². The summed E-state index contributed by atoms with van der Waals surface area (Å²) in [6, 6.07) is 24.5.